The predicted octanol–water partition coefficient (Wildman–Crippen LogP) is 3.93. The molecule has 0 radical (unpaired) electrons. The number of nitrogen functional groups attached to an aromatic ring is 1. The first-order chi connectivity index (χ1) is 10.2. The molecule has 1 aromatic heterocycles. The Morgan fingerprint density at radius 1 is 0.952 bits per heavy atom. The number of rotatable bonds is 3. The molecule has 0 aliphatic heterocycles. The fourth-order valence-electron chi connectivity index (χ4n) is 2.26. The van der Waals surface area contributed by atoms with Crippen LogP contribution in [0, 0.1) is 6.92 Å². The maximum absolute atomic E-state index is 5.96. The molecule has 21 heavy (non-hydrogen) atoms. The Bertz CT molecular complexity index is 800. The molecule has 0 saturated carbocycles. The van der Waals surface area contributed by atoms with Crippen molar-refractivity contribution in [2.75, 3.05) is 12.8 Å². The number of methoxy groups -OCH3 is 1. The molecule has 106 valence electrons. The molecule has 2 N–H and O–H groups in total. The van der Waals surface area contributed by atoms with Crippen molar-refractivity contribution in [3.8, 4) is 17.4 Å². The summed E-state index contributed by atoms with van der Waals surface area (Å²) in [6.07, 6.45) is 1.71. The first kappa shape index (κ1) is 13.2. The molecular formula is C17H16N2O2. The Hall–Kier alpha value is -2.75. The van der Waals surface area contributed by atoms with Gasteiger partial charge in [0.05, 0.1) is 7.11 Å². The highest BCUT2D eigenvalue weighted by Crippen LogP contribution is 2.34. The summed E-state index contributed by atoms with van der Waals surface area (Å²) in [7, 11) is 1.65. The zero-order valence-corrected chi connectivity index (χ0v) is 12.0. The van der Waals surface area contributed by atoms with Crippen LogP contribution in [0.3, 0.4) is 0 Å². The highest BCUT2D eigenvalue weighted by Gasteiger charge is 2.10. The van der Waals surface area contributed by atoms with Gasteiger partial charge in [0.25, 0.3) is 0 Å². The van der Waals surface area contributed by atoms with Gasteiger partial charge in [0.1, 0.15) is 11.5 Å². The minimum Gasteiger partial charge on any atom is -0.496 e. The predicted molar refractivity (Wildman–Crippen MR) is 84.0 cm³/mol. The van der Waals surface area contributed by atoms with Gasteiger partial charge in [-0.2, -0.15) is 0 Å². The highest BCUT2D eigenvalue weighted by atomic mass is 16.5. The van der Waals surface area contributed by atoms with Crippen molar-refractivity contribution in [1.29, 1.82) is 0 Å². The Labute approximate surface area is 123 Å². The summed E-state index contributed by atoms with van der Waals surface area (Å²) in [5, 5.41) is 1.87. The highest BCUT2D eigenvalue weighted by molar-refractivity contribution is 5.91. The molecule has 4 nitrogen and oxygen atoms in total. The quantitative estimate of drug-likeness (QED) is 0.739. The molecule has 0 fully saturated rings. The van der Waals surface area contributed by atoms with E-state index in [4.69, 9.17) is 15.2 Å². The standard InChI is InChI=1S/C17H16N2O2/c1-11-14(18)6-4-7-15(11)21-17-13-5-3-8-16(20-2)12(13)9-10-19-17/h3-10H,18H2,1-2H3. The number of aromatic nitrogens is 1. The molecule has 0 aliphatic carbocycles. The third-order valence-electron chi connectivity index (χ3n) is 3.48. The molecule has 0 bridgehead atoms. The molecule has 0 aliphatic rings. The average Bonchev–Trinajstić information content (AvgIpc) is 2.51. The van der Waals surface area contributed by atoms with Gasteiger partial charge in [-0.05, 0) is 37.3 Å². The van der Waals surface area contributed by atoms with Crippen LogP contribution in [0.4, 0.5) is 5.69 Å². The third kappa shape index (κ3) is 2.36. The Morgan fingerprint density at radius 3 is 2.52 bits per heavy atom. The molecule has 0 spiro atoms. The maximum atomic E-state index is 5.96. The van der Waals surface area contributed by atoms with E-state index in [0.717, 1.165) is 22.1 Å². The number of nitrogens with zero attached hydrogens (tertiary/aromatic N) is 1. The first-order valence-corrected chi connectivity index (χ1v) is 6.65. The lowest BCUT2D eigenvalue weighted by atomic mass is 10.1. The van der Waals surface area contributed by atoms with Crippen LogP contribution < -0.4 is 15.2 Å². The second-order valence-electron chi connectivity index (χ2n) is 4.74. The normalized spacial score (nSPS) is 10.6. The lowest BCUT2D eigenvalue weighted by Gasteiger charge is -2.12. The fourth-order valence-corrected chi connectivity index (χ4v) is 2.26. The van der Waals surface area contributed by atoms with Crippen molar-refractivity contribution < 1.29 is 9.47 Å². The van der Waals surface area contributed by atoms with Crippen LogP contribution in [0.25, 0.3) is 10.8 Å². The van der Waals surface area contributed by atoms with Gasteiger partial charge in [-0.3, -0.25) is 0 Å². The monoisotopic (exact) mass is 280 g/mol. The van der Waals surface area contributed by atoms with Crippen LogP contribution in [0.2, 0.25) is 0 Å². The van der Waals surface area contributed by atoms with E-state index in [1.54, 1.807) is 13.3 Å². The van der Waals surface area contributed by atoms with E-state index >= 15 is 0 Å². The van der Waals surface area contributed by atoms with E-state index in [2.05, 4.69) is 4.98 Å². The van der Waals surface area contributed by atoms with Crippen LogP contribution >= 0.6 is 0 Å². The van der Waals surface area contributed by atoms with Crippen molar-refractivity contribution in [2.24, 2.45) is 0 Å². The van der Waals surface area contributed by atoms with Crippen LogP contribution in [0.5, 0.6) is 17.4 Å². The second kappa shape index (κ2) is 5.32. The van der Waals surface area contributed by atoms with Crippen LogP contribution in [-0.4, -0.2) is 12.1 Å². The summed E-state index contributed by atoms with van der Waals surface area (Å²) in [5.41, 5.74) is 7.51. The van der Waals surface area contributed by atoms with Gasteiger partial charge < -0.3 is 15.2 Å². The Morgan fingerprint density at radius 2 is 1.71 bits per heavy atom. The molecule has 3 aromatic rings. The van der Waals surface area contributed by atoms with Crippen LogP contribution in [-0.2, 0) is 0 Å². The average molecular weight is 280 g/mol. The SMILES string of the molecule is COc1cccc2c(Oc3cccc(N)c3C)nccc12. The minimum absolute atomic E-state index is 0.542. The number of hydrogen-bond donors (Lipinski definition) is 1. The van der Waals surface area contributed by atoms with Crippen molar-refractivity contribution >= 4 is 16.5 Å². The molecule has 0 amide bonds. The third-order valence-corrected chi connectivity index (χ3v) is 3.48. The molecular weight excluding hydrogens is 264 g/mol. The molecule has 3 rings (SSSR count). The fraction of sp³-hybridized carbons (Fsp3) is 0.118. The number of benzene rings is 2. The largest absolute Gasteiger partial charge is 0.496 e. The molecule has 1 heterocycles. The van der Waals surface area contributed by atoms with E-state index in [9.17, 15) is 0 Å². The number of ether oxygens (including phenoxy) is 2. The summed E-state index contributed by atoms with van der Waals surface area (Å²) in [5.74, 6) is 2.04. The van der Waals surface area contributed by atoms with Gasteiger partial charge in [-0.15, -0.1) is 0 Å². The summed E-state index contributed by atoms with van der Waals surface area (Å²) in [6, 6.07) is 13.3. The number of fused-ring (bicyclic) bond motifs is 1. The summed E-state index contributed by atoms with van der Waals surface area (Å²) in [6.45, 7) is 1.93. The van der Waals surface area contributed by atoms with E-state index in [1.807, 2.05) is 49.4 Å². The van der Waals surface area contributed by atoms with E-state index in [0.29, 0.717) is 17.3 Å². The number of anilines is 1. The minimum atomic E-state index is 0.542. The van der Waals surface area contributed by atoms with Crippen molar-refractivity contribution in [3.63, 3.8) is 0 Å². The van der Waals surface area contributed by atoms with Gasteiger partial charge in [-0.1, -0.05) is 12.1 Å². The van der Waals surface area contributed by atoms with Crippen molar-refractivity contribution in [1.82, 2.24) is 4.98 Å². The van der Waals surface area contributed by atoms with Gasteiger partial charge in [0.2, 0.25) is 5.88 Å². The lowest BCUT2D eigenvalue weighted by Crippen LogP contribution is -1.95. The zero-order chi connectivity index (χ0) is 14.8. The summed E-state index contributed by atoms with van der Waals surface area (Å²) < 4.78 is 11.3. The summed E-state index contributed by atoms with van der Waals surface area (Å²) >= 11 is 0. The van der Waals surface area contributed by atoms with Gasteiger partial charge >= 0.3 is 0 Å². The molecule has 2 aromatic carbocycles. The van der Waals surface area contributed by atoms with E-state index < -0.39 is 0 Å². The second-order valence-corrected chi connectivity index (χ2v) is 4.74. The van der Waals surface area contributed by atoms with Crippen LogP contribution in [0.15, 0.2) is 48.7 Å². The number of pyridine rings is 1. The molecule has 0 atom stereocenters. The van der Waals surface area contributed by atoms with E-state index in [1.165, 1.54) is 0 Å². The molecule has 4 heteroatoms. The number of hydrogen-bond acceptors (Lipinski definition) is 4. The van der Waals surface area contributed by atoms with E-state index in [-0.39, 0.29) is 0 Å². The topological polar surface area (TPSA) is 57.4 Å². The Kier molecular flexibility index (Phi) is 3.36. The van der Waals surface area contributed by atoms with Crippen molar-refractivity contribution in [2.45, 2.75) is 6.92 Å². The molecule has 0 saturated heterocycles. The van der Waals surface area contributed by atoms with Crippen LogP contribution in [0.1, 0.15) is 5.56 Å². The first-order valence-electron chi connectivity index (χ1n) is 6.65. The van der Waals surface area contributed by atoms with Gasteiger partial charge in [-0.25, -0.2) is 4.98 Å². The Balaban J connectivity index is 2.11. The smallest absolute Gasteiger partial charge is 0.227 e. The van der Waals surface area contributed by atoms with Gasteiger partial charge in [0, 0.05) is 28.2 Å². The molecule has 0 unspecified atom stereocenters. The van der Waals surface area contributed by atoms with Gasteiger partial charge in [0.15, 0.2) is 0 Å². The summed E-state index contributed by atoms with van der Waals surface area (Å²) in [4.78, 5) is 4.33. The lowest BCUT2D eigenvalue weighted by molar-refractivity contribution is 0.419. The van der Waals surface area contributed by atoms with Crippen molar-refractivity contribution in [3.05, 3.63) is 54.2 Å². The zero-order valence-electron chi connectivity index (χ0n) is 12.0. The number of nitrogens with two attached hydrogens (primary N) is 1. The maximum Gasteiger partial charge on any atom is 0.227 e.